The van der Waals surface area contributed by atoms with E-state index in [9.17, 15) is 19.5 Å². The SMILES string of the molecule is CC(C)(C)c1ccc(OCC(=O)NNC(=O)[C@@H]2[C@@H](C(=O)O)[C@H]3C=C[C@@H]2C3)cc1. The molecule has 7 heteroatoms. The Labute approximate surface area is 164 Å². The van der Waals surface area contributed by atoms with Crippen molar-refractivity contribution < 1.29 is 24.2 Å². The number of hydrazine groups is 1. The van der Waals surface area contributed by atoms with Crippen LogP contribution in [-0.4, -0.2) is 29.5 Å². The molecule has 2 amide bonds. The van der Waals surface area contributed by atoms with Crippen molar-refractivity contribution in [3.8, 4) is 5.75 Å². The van der Waals surface area contributed by atoms with E-state index >= 15 is 0 Å². The predicted octanol–water partition coefficient (Wildman–Crippen LogP) is 2.03. The normalized spacial score (nSPS) is 25.4. The quantitative estimate of drug-likeness (QED) is 0.531. The van der Waals surface area contributed by atoms with Gasteiger partial charge < -0.3 is 9.84 Å². The van der Waals surface area contributed by atoms with Crippen LogP contribution in [0.5, 0.6) is 5.75 Å². The Kier molecular flexibility index (Phi) is 5.45. The monoisotopic (exact) mass is 386 g/mol. The highest BCUT2D eigenvalue weighted by Crippen LogP contribution is 2.48. The first-order chi connectivity index (χ1) is 13.2. The van der Waals surface area contributed by atoms with Crippen molar-refractivity contribution in [2.24, 2.45) is 23.7 Å². The molecule has 3 N–H and O–H groups in total. The zero-order valence-electron chi connectivity index (χ0n) is 16.3. The van der Waals surface area contributed by atoms with E-state index in [1.807, 2.05) is 24.3 Å². The molecule has 0 saturated heterocycles. The van der Waals surface area contributed by atoms with Crippen LogP contribution in [0.2, 0.25) is 0 Å². The minimum absolute atomic E-state index is 0.0306. The molecule has 28 heavy (non-hydrogen) atoms. The maximum Gasteiger partial charge on any atom is 0.307 e. The van der Waals surface area contributed by atoms with E-state index in [0.29, 0.717) is 12.2 Å². The maximum absolute atomic E-state index is 12.4. The lowest BCUT2D eigenvalue weighted by molar-refractivity contribution is -0.148. The molecule has 150 valence electrons. The third kappa shape index (κ3) is 4.18. The van der Waals surface area contributed by atoms with Crippen molar-refractivity contribution in [1.82, 2.24) is 10.9 Å². The fraction of sp³-hybridized carbons (Fsp3) is 0.476. The summed E-state index contributed by atoms with van der Waals surface area (Å²) in [4.78, 5) is 35.8. The summed E-state index contributed by atoms with van der Waals surface area (Å²) in [5.74, 6) is -3.05. The number of carbonyl (C=O) groups excluding carboxylic acids is 2. The zero-order valence-corrected chi connectivity index (χ0v) is 16.3. The molecule has 2 aliphatic carbocycles. The first-order valence-corrected chi connectivity index (χ1v) is 9.40. The molecule has 4 atom stereocenters. The molecule has 1 fully saturated rings. The summed E-state index contributed by atoms with van der Waals surface area (Å²) in [5.41, 5.74) is 5.83. The summed E-state index contributed by atoms with van der Waals surface area (Å²) in [7, 11) is 0. The average Bonchev–Trinajstić information content (AvgIpc) is 3.25. The van der Waals surface area contributed by atoms with Crippen molar-refractivity contribution >= 4 is 17.8 Å². The third-order valence-electron chi connectivity index (χ3n) is 5.46. The number of rotatable bonds is 5. The molecule has 1 aromatic carbocycles. The smallest absolute Gasteiger partial charge is 0.307 e. The van der Waals surface area contributed by atoms with Crippen LogP contribution in [0.15, 0.2) is 36.4 Å². The van der Waals surface area contributed by atoms with Crippen LogP contribution in [0, 0.1) is 23.7 Å². The molecule has 2 bridgehead atoms. The minimum Gasteiger partial charge on any atom is -0.484 e. The van der Waals surface area contributed by atoms with Gasteiger partial charge in [0.25, 0.3) is 5.91 Å². The van der Waals surface area contributed by atoms with Crippen LogP contribution in [0.25, 0.3) is 0 Å². The highest BCUT2D eigenvalue weighted by Gasteiger charge is 2.51. The number of amides is 2. The van der Waals surface area contributed by atoms with Crippen molar-refractivity contribution in [3.63, 3.8) is 0 Å². The summed E-state index contributed by atoms with van der Waals surface area (Å²) in [6.07, 6.45) is 4.42. The molecule has 1 saturated carbocycles. The van der Waals surface area contributed by atoms with E-state index in [1.54, 1.807) is 12.1 Å². The van der Waals surface area contributed by atoms with E-state index in [2.05, 4.69) is 31.6 Å². The number of ether oxygens (including phenoxy) is 1. The summed E-state index contributed by atoms with van der Waals surface area (Å²) >= 11 is 0. The topological polar surface area (TPSA) is 105 Å². The van der Waals surface area contributed by atoms with E-state index in [-0.39, 0.29) is 23.9 Å². The number of fused-ring (bicyclic) bond motifs is 2. The van der Waals surface area contributed by atoms with Crippen LogP contribution < -0.4 is 15.6 Å². The van der Waals surface area contributed by atoms with Crippen LogP contribution in [0.4, 0.5) is 0 Å². The van der Waals surface area contributed by atoms with Gasteiger partial charge in [0.15, 0.2) is 6.61 Å². The zero-order chi connectivity index (χ0) is 20.5. The summed E-state index contributed by atoms with van der Waals surface area (Å²) in [6.45, 7) is 6.08. The first kappa shape index (κ1) is 19.9. The van der Waals surface area contributed by atoms with Crippen LogP contribution in [-0.2, 0) is 19.8 Å². The Balaban J connectivity index is 1.47. The van der Waals surface area contributed by atoms with Gasteiger partial charge >= 0.3 is 5.97 Å². The molecule has 0 radical (unpaired) electrons. The Bertz CT molecular complexity index is 794. The van der Waals surface area contributed by atoms with Gasteiger partial charge in [0, 0.05) is 0 Å². The summed E-state index contributed by atoms with van der Waals surface area (Å²) < 4.78 is 5.43. The van der Waals surface area contributed by atoms with E-state index in [0.717, 1.165) is 5.56 Å². The molecule has 2 aliphatic rings. The fourth-order valence-corrected chi connectivity index (χ4v) is 3.97. The molecule has 0 aliphatic heterocycles. The molecule has 0 heterocycles. The average molecular weight is 386 g/mol. The van der Waals surface area contributed by atoms with Gasteiger partial charge in [-0.05, 0) is 41.4 Å². The van der Waals surface area contributed by atoms with Gasteiger partial charge in [0.1, 0.15) is 5.75 Å². The second-order valence-corrected chi connectivity index (χ2v) is 8.44. The Morgan fingerprint density at radius 1 is 1.04 bits per heavy atom. The molecule has 0 unspecified atom stereocenters. The number of nitrogens with one attached hydrogen (secondary N) is 2. The fourth-order valence-electron chi connectivity index (χ4n) is 3.97. The van der Waals surface area contributed by atoms with E-state index in [1.165, 1.54) is 0 Å². The number of carboxylic acid groups (broad SMARTS) is 1. The lowest BCUT2D eigenvalue weighted by Gasteiger charge is -2.23. The Hall–Kier alpha value is -2.83. The van der Waals surface area contributed by atoms with E-state index < -0.39 is 29.6 Å². The second-order valence-electron chi connectivity index (χ2n) is 8.44. The van der Waals surface area contributed by atoms with E-state index in [4.69, 9.17) is 4.74 Å². The first-order valence-electron chi connectivity index (χ1n) is 9.40. The van der Waals surface area contributed by atoms with Gasteiger partial charge in [-0.1, -0.05) is 45.1 Å². The van der Waals surface area contributed by atoms with Gasteiger partial charge in [-0.15, -0.1) is 0 Å². The van der Waals surface area contributed by atoms with Gasteiger partial charge in [0.2, 0.25) is 5.91 Å². The number of allylic oxidation sites excluding steroid dienone is 2. The van der Waals surface area contributed by atoms with Crippen molar-refractivity contribution in [1.29, 1.82) is 0 Å². The highest BCUT2D eigenvalue weighted by atomic mass is 16.5. The van der Waals surface area contributed by atoms with Crippen LogP contribution in [0.3, 0.4) is 0 Å². The van der Waals surface area contributed by atoms with Crippen molar-refractivity contribution in [3.05, 3.63) is 42.0 Å². The molecule has 1 aromatic rings. The van der Waals surface area contributed by atoms with Crippen molar-refractivity contribution in [2.45, 2.75) is 32.6 Å². The minimum atomic E-state index is -0.981. The molecular formula is C21H26N2O5. The lowest BCUT2D eigenvalue weighted by Crippen LogP contribution is -2.49. The molecule has 7 nitrogen and oxygen atoms in total. The number of hydrogen-bond acceptors (Lipinski definition) is 4. The number of benzene rings is 1. The summed E-state index contributed by atoms with van der Waals surface area (Å²) in [5, 5.41) is 9.39. The maximum atomic E-state index is 12.4. The van der Waals surface area contributed by atoms with Crippen molar-refractivity contribution in [2.75, 3.05) is 6.61 Å². The summed E-state index contributed by atoms with van der Waals surface area (Å²) in [6, 6.07) is 7.49. The second kappa shape index (κ2) is 7.66. The van der Waals surface area contributed by atoms with Gasteiger partial charge in [-0.3, -0.25) is 25.2 Å². The largest absolute Gasteiger partial charge is 0.484 e. The molecule has 0 aromatic heterocycles. The number of hydrogen-bond donors (Lipinski definition) is 3. The van der Waals surface area contributed by atoms with Crippen LogP contribution >= 0.6 is 0 Å². The predicted molar refractivity (Wildman–Crippen MR) is 102 cm³/mol. The van der Waals surface area contributed by atoms with Gasteiger partial charge in [0.05, 0.1) is 11.8 Å². The highest BCUT2D eigenvalue weighted by molar-refractivity contribution is 5.88. The number of aliphatic carboxylic acids is 1. The number of carboxylic acids is 1. The molecule has 3 rings (SSSR count). The molecule has 0 spiro atoms. The Morgan fingerprint density at radius 3 is 2.21 bits per heavy atom. The van der Waals surface area contributed by atoms with Gasteiger partial charge in [-0.2, -0.15) is 0 Å². The number of carbonyl (C=O) groups is 3. The van der Waals surface area contributed by atoms with Gasteiger partial charge in [-0.25, -0.2) is 0 Å². The van der Waals surface area contributed by atoms with Crippen LogP contribution in [0.1, 0.15) is 32.8 Å². The lowest BCUT2D eigenvalue weighted by atomic mass is 9.82. The third-order valence-corrected chi connectivity index (χ3v) is 5.46. The standard InChI is InChI=1S/C21H26N2O5/c1-21(2,3)14-6-8-15(9-7-14)28-11-16(24)22-23-19(25)17-12-4-5-13(10-12)18(17)20(26)27/h4-9,12-13,17-18H,10-11H2,1-3H3,(H,22,24)(H,23,25)(H,26,27)/t12-,13+,17+,18+/m1/s1. The molecular weight excluding hydrogens is 360 g/mol. The Morgan fingerprint density at radius 2 is 1.64 bits per heavy atom.